The first-order valence-corrected chi connectivity index (χ1v) is 7.56. The van der Waals surface area contributed by atoms with Crippen LogP contribution in [0.15, 0.2) is 24.3 Å². The summed E-state index contributed by atoms with van der Waals surface area (Å²) in [6.45, 7) is 2.11. The summed E-state index contributed by atoms with van der Waals surface area (Å²) in [6.07, 6.45) is 3.32. The van der Waals surface area contributed by atoms with Crippen LogP contribution in [0.5, 0.6) is 5.75 Å². The molecule has 21 heavy (non-hydrogen) atoms. The first-order valence-electron chi connectivity index (χ1n) is 7.56. The van der Waals surface area contributed by atoms with Crippen LogP contribution >= 0.6 is 0 Å². The summed E-state index contributed by atoms with van der Waals surface area (Å²) >= 11 is 0. The second-order valence-electron chi connectivity index (χ2n) is 5.66. The van der Waals surface area contributed by atoms with Gasteiger partial charge >= 0.3 is 0 Å². The summed E-state index contributed by atoms with van der Waals surface area (Å²) < 4.78 is 5.81. The number of hydrogen-bond acceptors (Lipinski definition) is 4. The predicted octanol–water partition coefficient (Wildman–Crippen LogP) is 1.90. The SMILES string of the molecule is CC(CN)C(=O)Nc1ccc(OC2CCCCC2O)cc1. The molecule has 1 aliphatic carbocycles. The number of carbonyl (C=O) groups excluding carboxylic acids is 1. The molecule has 0 spiro atoms. The number of rotatable bonds is 5. The Balaban J connectivity index is 1.91. The van der Waals surface area contributed by atoms with Crippen LogP contribution in [0.4, 0.5) is 5.69 Å². The average molecular weight is 292 g/mol. The molecule has 4 N–H and O–H groups in total. The maximum absolute atomic E-state index is 11.7. The van der Waals surface area contributed by atoms with Gasteiger partial charge in [0, 0.05) is 18.2 Å². The lowest BCUT2D eigenvalue weighted by Gasteiger charge is -2.28. The van der Waals surface area contributed by atoms with Crippen molar-refractivity contribution >= 4 is 11.6 Å². The summed E-state index contributed by atoms with van der Waals surface area (Å²) in [6, 6.07) is 7.21. The molecule has 0 aromatic heterocycles. The van der Waals surface area contributed by atoms with Crippen molar-refractivity contribution in [2.75, 3.05) is 11.9 Å². The van der Waals surface area contributed by atoms with E-state index in [1.54, 1.807) is 19.1 Å². The molecule has 5 heteroatoms. The molecule has 3 unspecified atom stereocenters. The van der Waals surface area contributed by atoms with Crippen LogP contribution in [0.3, 0.4) is 0 Å². The van der Waals surface area contributed by atoms with E-state index >= 15 is 0 Å². The number of nitrogens with two attached hydrogens (primary N) is 1. The van der Waals surface area contributed by atoms with Crippen LogP contribution in [0.1, 0.15) is 32.6 Å². The number of aliphatic hydroxyl groups is 1. The second-order valence-corrected chi connectivity index (χ2v) is 5.66. The van der Waals surface area contributed by atoms with Crippen LogP contribution in [0, 0.1) is 5.92 Å². The highest BCUT2D eigenvalue weighted by atomic mass is 16.5. The van der Waals surface area contributed by atoms with Crippen LogP contribution < -0.4 is 15.8 Å². The molecule has 5 nitrogen and oxygen atoms in total. The monoisotopic (exact) mass is 292 g/mol. The molecule has 0 aliphatic heterocycles. The van der Waals surface area contributed by atoms with Crippen molar-refractivity contribution < 1.29 is 14.6 Å². The topological polar surface area (TPSA) is 84.6 Å². The van der Waals surface area contributed by atoms with Gasteiger partial charge in [0.05, 0.1) is 6.10 Å². The van der Waals surface area contributed by atoms with E-state index in [0.717, 1.165) is 31.4 Å². The summed E-state index contributed by atoms with van der Waals surface area (Å²) in [7, 11) is 0. The zero-order valence-electron chi connectivity index (χ0n) is 12.4. The maximum Gasteiger partial charge on any atom is 0.228 e. The molecule has 0 saturated heterocycles. The van der Waals surface area contributed by atoms with E-state index in [2.05, 4.69) is 5.32 Å². The Labute approximate surface area is 125 Å². The molecule has 1 amide bonds. The number of anilines is 1. The van der Waals surface area contributed by atoms with Crippen molar-refractivity contribution in [3.63, 3.8) is 0 Å². The Morgan fingerprint density at radius 3 is 2.67 bits per heavy atom. The summed E-state index contributed by atoms with van der Waals surface area (Å²) in [5, 5.41) is 12.7. The molecule has 0 bridgehead atoms. The van der Waals surface area contributed by atoms with E-state index in [1.165, 1.54) is 0 Å². The maximum atomic E-state index is 11.7. The van der Waals surface area contributed by atoms with Gasteiger partial charge in [-0.15, -0.1) is 0 Å². The number of ether oxygens (including phenoxy) is 1. The van der Waals surface area contributed by atoms with Gasteiger partial charge < -0.3 is 20.9 Å². The van der Waals surface area contributed by atoms with Crippen LogP contribution in [0.25, 0.3) is 0 Å². The number of carbonyl (C=O) groups is 1. The molecule has 116 valence electrons. The van der Waals surface area contributed by atoms with Crippen molar-refractivity contribution in [3.05, 3.63) is 24.3 Å². The number of nitrogens with one attached hydrogen (secondary N) is 1. The number of benzene rings is 1. The average Bonchev–Trinajstić information content (AvgIpc) is 2.50. The van der Waals surface area contributed by atoms with Gasteiger partial charge in [0.15, 0.2) is 0 Å². The van der Waals surface area contributed by atoms with Gasteiger partial charge in [0.2, 0.25) is 5.91 Å². The summed E-state index contributed by atoms with van der Waals surface area (Å²) in [4.78, 5) is 11.7. The van der Waals surface area contributed by atoms with Crippen molar-refractivity contribution in [3.8, 4) is 5.75 Å². The minimum atomic E-state index is -0.386. The van der Waals surface area contributed by atoms with E-state index in [-0.39, 0.29) is 24.0 Å². The van der Waals surface area contributed by atoms with Crippen LogP contribution in [-0.4, -0.2) is 29.8 Å². The second kappa shape index (κ2) is 7.43. The lowest BCUT2D eigenvalue weighted by Crippen LogP contribution is -2.34. The van der Waals surface area contributed by atoms with E-state index in [9.17, 15) is 9.90 Å². The fourth-order valence-electron chi connectivity index (χ4n) is 2.38. The molecule has 0 heterocycles. The smallest absolute Gasteiger partial charge is 0.228 e. The number of hydrogen-bond donors (Lipinski definition) is 3. The van der Waals surface area contributed by atoms with Crippen LogP contribution in [0.2, 0.25) is 0 Å². The molecule has 1 aliphatic rings. The van der Waals surface area contributed by atoms with Gasteiger partial charge in [-0.05, 0) is 43.5 Å². The molecule has 1 saturated carbocycles. The largest absolute Gasteiger partial charge is 0.488 e. The quantitative estimate of drug-likeness (QED) is 0.774. The minimum Gasteiger partial charge on any atom is -0.488 e. The molecule has 0 radical (unpaired) electrons. The first-order chi connectivity index (χ1) is 10.1. The minimum absolute atomic E-state index is 0.0890. The highest BCUT2D eigenvalue weighted by Crippen LogP contribution is 2.25. The lowest BCUT2D eigenvalue weighted by molar-refractivity contribution is -0.119. The standard InChI is InChI=1S/C16H24N2O3/c1-11(10-17)16(20)18-12-6-8-13(9-7-12)21-15-5-3-2-4-14(15)19/h6-9,11,14-15,19H,2-5,10,17H2,1H3,(H,18,20). The Morgan fingerprint density at radius 1 is 1.38 bits per heavy atom. The third-order valence-corrected chi connectivity index (χ3v) is 3.88. The Bertz CT molecular complexity index is 461. The van der Waals surface area contributed by atoms with Crippen molar-refractivity contribution in [2.45, 2.75) is 44.8 Å². The van der Waals surface area contributed by atoms with E-state index in [0.29, 0.717) is 12.3 Å². The number of amides is 1. The van der Waals surface area contributed by atoms with Gasteiger partial charge in [0.1, 0.15) is 11.9 Å². The summed E-state index contributed by atoms with van der Waals surface area (Å²) in [5.41, 5.74) is 6.18. The molecule has 3 atom stereocenters. The fourth-order valence-corrected chi connectivity index (χ4v) is 2.38. The molecule has 2 rings (SSSR count). The van der Waals surface area contributed by atoms with Crippen molar-refractivity contribution in [1.82, 2.24) is 0 Å². The zero-order chi connectivity index (χ0) is 15.2. The van der Waals surface area contributed by atoms with Crippen LogP contribution in [-0.2, 0) is 4.79 Å². The zero-order valence-corrected chi connectivity index (χ0v) is 12.4. The van der Waals surface area contributed by atoms with Gasteiger partial charge in [0.25, 0.3) is 0 Å². The van der Waals surface area contributed by atoms with E-state index in [1.807, 2.05) is 12.1 Å². The third kappa shape index (κ3) is 4.44. The molecule has 1 aromatic rings. The van der Waals surface area contributed by atoms with Crippen molar-refractivity contribution in [1.29, 1.82) is 0 Å². The Kier molecular flexibility index (Phi) is 5.59. The number of aliphatic hydroxyl groups excluding tert-OH is 1. The van der Waals surface area contributed by atoms with Gasteiger partial charge in [-0.1, -0.05) is 13.3 Å². The fraction of sp³-hybridized carbons (Fsp3) is 0.562. The molecule has 1 fully saturated rings. The van der Waals surface area contributed by atoms with E-state index < -0.39 is 0 Å². The Hall–Kier alpha value is -1.59. The predicted molar refractivity (Wildman–Crippen MR) is 82.2 cm³/mol. The first kappa shape index (κ1) is 15.8. The summed E-state index contributed by atoms with van der Waals surface area (Å²) in [5.74, 6) is 0.415. The third-order valence-electron chi connectivity index (χ3n) is 3.88. The lowest BCUT2D eigenvalue weighted by atomic mass is 9.95. The highest BCUT2D eigenvalue weighted by Gasteiger charge is 2.24. The molecular formula is C16H24N2O3. The normalized spacial score (nSPS) is 23.4. The molecule has 1 aromatic carbocycles. The molecular weight excluding hydrogens is 268 g/mol. The van der Waals surface area contributed by atoms with Gasteiger partial charge in [-0.3, -0.25) is 4.79 Å². The highest BCUT2D eigenvalue weighted by molar-refractivity contribution is 5.92. The van der Waals surface area contributed by atoms with Gasteiger partial charge in [-0.25, -0.2) is 0 Å². The van der Waals surface area contributed by atoms with Crippen molar-refractivity contribution in [2.24, 2.45) is 11.7 Å². The van der Waals surface area contributed by atoms with E-state index in [4.69, 9.17) is 10.5 Å². The van der Waals surface area contributed by atoms with Gasteiger partial charge in [-0.2, -0.15) is 0 Å². The Morgan fingerprint density at radius 2 is 2.05 bits per heavy atom.